The number of carbonyl (C=O) groups excluding carboxylic acids is 2. The molecule has 0 saturated heterocycles. The molecule has 0 radical (unpaired) electrons. The normalized spacial score (nSPS) is 14.1. The Balaban J connectivity index is 1.63. The topological polar surface area (TPSA) is 96.1 Å². The second kappa shape index (κ2) is 10.6. The second-order valence-electron chi connectivity index (χ2n) is 7.85. The number of amides is 2. The van der Waals surface area contributed by atoms with Crippen LogP contribution in [0.4, 0.5) is 0 Å². The highest BCUT2D eigenvalue weighted by Crippen LogP contribution is 2.24. The highest BCUT2D eigenvalue weighted by molar-refractivity contribution is 5.95. The third-order valence-electron chi connectivity index (χ3n) is 5.51. The minimum absolute atomic E-state index is 0.164. The Morgan fingerprint density at radius 1 is 1.09 bits per heavy atom. The summed E-state index contributed by atoms with van der Waals surface area (Å²) < 4.78 is 5.12. The second-order valence-corrected chi connectivity index (χ2v) is 7.85. The van der Waals surface area contributed by atoms with E-state index in [1.807, 2.05) is 48.5 Å². The van der Waals surface area contributed by atoms with Gasteiger partial charge in [-0.1, -0.05) is 44.5 Å². The molecule has 7 nitrogen and oxygen atoms in total. The number of para-hydroxylation sites is 2. The summed E-state index contributed by atoms with van der Waals surface area (Å²) in [6.07, 6.45) is 3.97. The quantitative estimate of drug-likeness (QED) is 0.444. The highest BCUT2D eigenvalue weighted by Gasteiger charge is 2.26. The summed E-state index contributed by atoms with van der Waals surface area (Å²) in [5, 5.41) is 5.77. The minimum atomic E-state index is -0.695. The molecule has 3 aromatic rings. The van der Waals surface area contributed by atoms with Gasteiger partial charge in [0.25, 0.3) is 0 Å². The van der Waals surface area contributed by atoms with Gasteiger partial charge in [-0.05, 0) is 48.7 Å². The van der Waals surface area contributed by atoms with Crippen molar-refractivity contribution < 1.29 is 14.3 Å². The van der Waals surface area contributed by atoms with Crippen molar-refractivity contribution in [1.29, 1.82) is 0 Å². The van der Waals surface area contributed by atoms with E-state index in [2.05, 4.69) is 34.4 Å². The van der Waals surface area contributed by atoms with Crippen LogP contribution in [0.1, 0.15) is 44.6 Å². The van der Waals surface area contributed by atoms with E-state index in [0.29, 0.717) is 5.82 Å². The molecule has 3 rings (SSSR count). The lowest BCUT2D eigenvalue weighted by Gasteiger charge is -2.24. The van der Waals surface area contributed by atoms with E-state index in [0.717, 1.165) is 28.8 Å². The van der Waals surface area contributed by atoms with Crippen LogP contribution in [-0.2, 0) is 9.59 Å². The van der Waals surface area contributed by atoms with Gasteiger partial charge in [-0.25, -0.2) is 4.98 Å². The number of hydrogen-bond donors (Lipinski definition) is 3. The number of nitrogens with one attached hydrogen (secondary N) is 3. The number of aromatic nitrogens is 2. The molecule has 3 unspecified atom stereocenters. The third kappa shape index (κ3) is 5.75. The fourth-order valence-electron chi connectivity index (χ4n) is 3.33. The lowest BCUT2D eigenvalue weighted by molar-refractivity contribution is -0.127. The maximum absolute atomic E-state index is 12.8. The molecule has 0 fully saturated rings. The fourth-order valence-corrected chi connectivity index (χ4v) is 3.33. The average Bonchev–Trinajstić information content (AvgIpc) is 3.24. The predicted octanol–water partition coefficient (Wildman–Crippen LogP) is 3.99. The van der Waals surface area contributed by atoms with Crippen molar-refractivity contribution in [2.45, 2.75) is 39.3 Å². The standard InChI is InChI=1S/C25H30N4O3/c1-5-16(2)23(24-27-20-8-6-7-9-21(20)28-24)29-25(31)17(3)26-22(30)15-12-18-10-13-19(32-4)14-11-18/h6-17,23H,5H2,1-4H3,(H,26,30)(H,27,28)(H,29,31)/b15-12+. The Bertz CT molecular complexity index is 1060. The van der Waals surface area contributed by atoms with Gasteiger partial charge >= 0.3 is 0 Å². The van der Waals surface area contributed by atoms with Gasteiger partial charge in [0.05, 0.1) is 24.2 Å². The van der Waals surface area contributed by atoms with Crippen LogP contribution >= 0.6 is 0 Å². The maximum Gasteiger partial charge on any atom is 0.244 e. The molecule has 2 aromatic carbocycles. The number of aromatic amines is 1. The molecule has 32 heavy (non-hydrogen) atoms. The van der Waals surface area contributed by atoms with E-state index >= 15 is 0 Å². The summed E-state index contributed by atoms with van der Waals surface area (Å²) in [6, 6.07) is 14.1. The molecule has 2 amide bonds. The molecule has 0 saturated carbocycles. The summed E-state index contributed by atoms with van der Waals surface area (Å²) in [7, 11) is 1.60. The molecule has 0 aliphatic heterocycles. The molecule has 1 aromatic heterocycles. The number of carbonyl (C=O) groups is 2. The monoisotopic (exact) mass is 434 g/mol. The Morgan fingerprint density at radius 3 is 2.47 bits per heavy atom. The zero-order chi connectivity index (χ0) is 23.1. The molecular weight excluding hydrogens is 404 g/mol. The van der Waals surface area contributed by atoms with Gasteiger partial charge in [0.15, 0.2) is 0 Å². The smallest absolute Gasteiger partial charge is 0.244 e. The summed E-state index contributed by atoms with van der Waals surface area (Å²) in [4.78, 5) is 33.1. The van der Waals surface area contributed by atoms with E-state index in [4.69, 9.17) is 4.74 Å². The first-order valence-electron chi connectivity index (χ1n) is 10.8. The van der Waals surface area contributed by atoms with Crippen molar-refractivity contribution in [3.63, 3.8) is 0 Å². The molecule has 0 aliphatic carbocycles. The van der Waals surface area contributed by atoms with Gasteiger partial charge in [-0.15, -0.1) is 0 Å². The molecule has 0 aliphatic rings. The number of rotatable bonds is 9. The van der Waals surface area contributed by atoms with Crippen molar-refractivity contribution in [2.24, 2.45) is 5.92 Å². The van der Waals surface area contributed by atoms with E-state index < -0.39 is 6.04 Å². The number of ether oxygens (including phenoxy) is 1. The summed E-state index contributed by atoms with van der Waals surface area (Å²) in [5.74, 6) is 1.02. The minimum Gasteiger partial charge on any atom is -0.497 e. The fraction of sp³-hybridized carbons (Fsp3) is 0.320. The SMILES string of the molecule is CCC(C)C(NC(=O)C(C)NC(=O)/C=C/c1ccc(OC)cc1)c1nc2ccccc2[nH]1. The number of benzene rings is 2. The molecule has 3 N–H and O–H groups in total. The van der Waals surface area contributed by atoms with Crippen LogP contribution in [-0.4, -0.2) is 34.9 Å². The summed E-state index contributed by atoms with van der Waals surface area (Å²) >= 11 is 0. The van der Waals surface area contributed by atoms with Crippen LogP contribution in [0.25, 0.3) is 17.1 Å². The number of nitrogens with zero attached hydrogens (tertiary/aromatic N) is 1. The number of hydrogen-bond acceptors (Lipinski definition) is 4. The zero-order valence-corrected chi connectivity index (χ0v) is 18.9. The zero-order valence-electron chi connectivity index (χ0n) is 18.9. The van der Waals surface area contributed by atoms with E-state index in [1.54, 1.807) is 20.1 Å². The lowest BCUT2D eigenvalue weighted by atomic mass is 9.98. The lowest BCUT2D eigenvalue weighted by Crippen LogP contribution is -2.46. The van der Waals surface area contributed by atoms with Gasteiger partial charge < -0.3 is 20.4 Å². The van der Waals surface area contributed by atoms with Crippen LogP contribution in [0.15, 0.2) is 54.6 Å². The van der Waals surface area contributed by atoms with Crippen molar-refractivity contribution >= 4 is 28.9 Å². The van der Waals surface area contributed by atoms with Crippen molar-refractivity contribution in [3.05, 3.63) is 66.0 Å². The Labute approximate surface area is 188 Å². The Morgan fingerprint density at radius 2 is 1.81 bits per heavy atom. The van der Waals surface area contributed by atoms with E-state index in [-0.39, 0.29) is 23.8 Å². The highest BCUT2D eigenvalue weighted by atomic mass is 16.5. The Hall–Kier alpha value is -3.61. The van der Waals surface area contributed by atoms with Crippen LogP contribution in [0.5, 0.6) is 5.75 Å². The van der Waals surface area contributed by atoms with Crippen LogP contribution in [0, 0.1) is 5.92 Å². The van der Waals surface area contributed by atoms with Crippen LogP contribution in [0.3, 0.4) is 0 Å². The van der Waals surface area contributed by atoms with Gasteiger partial charge in [0.1, 0.15) is 17.6 Å². The molecule has 0 spiro atoms. The number of methoxy groups -OCH3 is 1. The van der Waals surface area contributed by atoms with Crippen LogP contribution < -0.4 is 15.4 Å². The third-order valence-corrected chi connectivity index (χ3v) is 5.51. The van der Waals surface area contributed by atoms with Crippen molar-refractivity contribution in [1.82, 2.24) is 20.6 Å². The maximum atomic E-state index is 12.8. The summed E-state index contributed by atoms with van der Waals surface area (Å²) in [5.41, 5.74) is 2.64. The molecular formula is C25H30N4O3. The first-order chi connectivity index (χ1) is 15.4. The molecule has 1 heterocycles. The van der Waals surface area contributed by atoms with Crippen LogP contribution in [0.2, 0.25) is 0 Å². The largest absolute Gasteiger partial charge is 0.497 e. The first kappa shape index (κ1) is 23.1. The van der Waals surface area contributed by atoms with E-state index in [1.165, 1.54) is 6.08 Å². The Kier molecular flexibility index (Phi) is 7.65. The molecule has 3 atom stereocenters. The summed E-state index contributed by atoms with van der Waals surface area (Å²) in [6.45, 7) is 5.81. The number of imidazole rings is 1. The average molecular weight is 435 g/mol. The molecule has 7 heteroatoms. The van der Waals surface area contributed by atoms with Gasteiger partial charge in [-0.3, -0.25) is 9.59 Å². The van der Waals surface area contributed by atoms with Gasteiger partial charge in [0, 0.05) is 6.08 Å². The van der Waals surface area contributed by atoms with E-state index in [9.17, 15) is 9.59 Å². The number of H-pyrrole nitrogens is 1. The van der Waals surface area contributed by atoms with Gasteiger partial charge in [-0.2, -0.15) is 0 Å². The molecule has 168 valence electrons. The van der Waals surface area contributed by atoms with Crippen molar-refractivity contribution in [2.75, 3.05) is 7.11 Å². The van der Waals surface area contributed by atoms with Gasteiger partial charge in [0.2, 0.25) is 11.8 Å². The first-order valence-corrected chi connectivity index (χ1v) is 10.8. The molecule has 0 bridgehead atoms. The number of fused-ring (bicyclic) bond motifs is 1. The van der Waals surface area contributed by atoms with Crippen molar-refractivity contribution in [3.8, 4) is 5.75 Å². The predicted molar refractivity (Wildman–Crippen MR) is 126 cm³/mol.